The van der Waals surface area contributed by atoms with Crippen LogP contribution in [0.2, 0.25) is 0 Å². The molecule has 1 N–H and O–H groups in total. The Morgan fingerprint density at radius 2 is 1.68 bits per heavy atom. The van der Waals surface area contributed by atoms with Crippen LogP contribution in [0.15, 0.2) is 48.5 Å². The lowest BCUT2D eigenvalue weighted by molar-refractivity contribution is 0.101. The number of ketones is 1. The first-order valence-electron chi connectivity index (χ1n) is 6.24. The van der Waals surface area contributed by atoms with Gasteiger partial charge in [0.1, 0.15) is 0 Å². The third-order valence-corrected chi connectivity index (χ3v) is 3.16. The number of nitrogens with zero attached hydrogens (tertiary/aromatic N) is 1. The number of carbonyl (C=O) groups is 1. The van der Waals surface area contributed by atoms with Gasteiger partial charge in [-0.05, 0) is 37.3 Å². The van der Waals surface area contributed by atoms with Crippen LogP contribution in [0.25, 0.3) is 0 Å². The minimum Gasteiger partial charge on any atom is -0.388 e. The highest BCUT2D eigenvalue weighted by molar-refractivity contribution is 5.95. The second kappa shape index (κ2) is 5.57. The Bertz CT molecular complexity index is 593. The summed E-state index contributed by atoms with van der Waals surface area (Å²) in [6.07, 6.45) is 0. The smallest absolute Gasteiger partial charge is 0.159 e. The number of benzene rings is 2. The van der Waals surface area contributed by atoms with Gasteiger partial charge in [-0.25, -0.2) is 0 Å². The van der Waals surface area contributed by atoms with Crippen molar-refractivity contribution in [3.05, 3.63) is 54.1 Å². The second-order valence-corrected chi connectivity index (χ2v) is 4.47. The molecule has 0 radical (unpaired) electrons. The molecule has 0 aliphatic carbocycles. The van der Waals surface area contributed by atoms with Gasteiger partial charge in [0.15, 0.2) is 5.78 Å². The van der Waals surface area contributed by atoms with Gasteiger partial charge >= 0.3 is 0 Å². The molecular formula is C16H18N2O. The number of anilines is 3. The first-order valence-corrected chi connectivity index (χ1v) is 6.24. The van der Waals surface area contributed by atoms with Gasteiger partial charge in [-0.3, -0.25) is 4.79 Å². The molecule has 98 valence electrons. The van der Waals surface area contributed by atoms with Gasteiger partial charge in [0.25, 0.3) is 0 Å². The highest BCUT2D eigenvalue weighted by Crippen LogP contribution is 2.26. The fourth-order valence-corrected chi connectivity index (χ4v) is 1.95. The van der Waals surface area contributed by atoms with Crippen LogP contribution in [0.1, 0.15) is 17.3 Å². The van der Waals surface area contributed by atoms with Crippen LogP contribution in [0, 0.1) is 0 Å². The van der Waals surface area contributed by atoms with E-state index in [1.54, 1.807) is 6.92 Å². The van der Waals surface area contributed by atoms with Crippen molar-refractivity contribution in [1.82, 2.24) is 0 Å². The minimum absolute atomic E-state index is 0.0826. The molecule has 0 bridgehead atoms. The molecule has 0 fully saturated rings. The van der Waals surface area contributed by atoms with Crippen molar-refractivity contribution in [2.45, 2.75) is 6.92 Å². The molecule has 0 atom stereocenters. The molecule has 0 unspecified atom stereocenters. The Labute approximate surface area is 113 Å². The van der Waals surface area contributed by atoms with E-state index in [0.29, 0.717) is 0 Å². The molecule has 0 spiro atoms. The first-order chi connectivity index (χ1) is 9.11. The van der Waals surface area contributed by atoms with Crippen molar-refractivity contribution < 1.29 is 4.79 Å². The average Bonchev–Trinajstić information content (AvgIpc) is 2.46. The van der Waals surface area contributed by atoms with E-state index >= 15 is 0 Å². The van der Waals surface area contributed by atoms with Crippen molar-refractivity contribution in [1.29, 1.82) is 0 Å². The number of rotatable bonds is 4. The summed E-state index contributed by atoms with van der Waals surface area (Å²) in [5, 5.41) is 3.12. The lowest BCUT2D eigenvalue weighted by atomic mass is 10.1. The molecule has 0 saturated carbocycles. The zero-order chi connectivity index (χ0) is 13.8. The Morgan fingerprint density at radius 1 is 1.05 bits per heavy atom. The molecule has 2 aromatic carbocycles. The van der Waals surface area contributed by atoms with Crippen molar-refractivity contribution >= 4 is 22.8 Å². The molecule has 0 aromatic heterocycles. The lowest BCUT2D eigenvalue weighted by Crippen LogP contribution is -2.10. The molecule has 0 aliphatic heterocycles. The van der Waals surface area contributed by atoms with Crippen molar-refractivity contribution in [3.63, 3.8) is 0 Å². The fourth-order valence-electron chi connectivity index (χ4n) is 1.95. The summed E-state index contributed by atoms with van der Waals surface area (Å²) >= 11 is 0. The van der Waals surface area contributed by atoms with Crippen LogP contribution in [0.4, 0.5) is 17.1 Å². The molecule has 2 aromatic rings. The topological polar surface area (TPSA) is 32.3 Å². The van der Waals surface area contributed by atoms with E-state index in [2.05, 4.69) is 16.3 Å². The van der Waals surface area contributed by atoms with E-state index in [1.807, 2.05) is 56.6 Å². The van der Waals surface area contributed by atoms with E-state index in [4.69, 9.17) is 0 Å². The zero-order valence-corrected chi connectivity index (χ0v) is 11.5. The van der Waals surface area contributed by atoms with Crippen LogP contribution in [-0.2, 0) is 0 Å². The summed E-state index contributed by atoms with van der Waals surface area (Å²) in [7, 11) is 3.89. The van der Waals surface area contributed by atoms with Crippen LogP contribution < -0.4 is 10.2 Å². The second-order valence-electron chi connectivity index (χ2n) is 4.47. The highest BCUT2D eigenvalue weighted by Gasteiger charge is 2.06. The zero-order valence-electron chi connectivity index (χ0n) is 11.5. The summed E-state index contributed by atoms with van der Waals surface area (Å²) in [6.45, 7) is 1.58. The summed E-state index contributed by atoms with van der Waals surface area (Å²) in [6, 6.07) is 15.8. The van der Waals surface area contributed by atoms with Crippen molar-refractivity contribution in [3.8, 4) is 0 Å². The van der Waals surface area contributed by atoms with E-state index < -0.39 is 0 Å². The molecule has 0 saturated heterocycles. The summed E-state index contributed by atoms with van der Waals surface area (Å²) in [5.41, 5.74) is 3.87. The molecule has 2 rings (SSSR count). The predicted octanol–water partition coefficient (Wildman–Crippen LogP) is 3.70. The van der Waals surface area contributed by atoms with Crippen LogP contribution in [-0.4, -0.2) is 19.9 Å². The molecule has 0 aliphatic rings. The van der Waals surface area contributed by atoms with Gasteiger partial charge in [-0.2, -0.15) is 0 Å². The van der Waals surface area contributed by atoms with E-state index in [9.17, 15) is 4.79 Å². The van der Waals surface area contributed by atoms with Gasteiger partial charge in [0, 0.05) is 36.7 Å². The van der Waals surface area contributed by atoms with Crippen molar-refractivity contribution in [2.75, 3.05) is 24.3 Å². The van der Waals surface area contributed by atoms with Gasteiger partial charge in [-0.1, -0.05) is 18.2 Å². The Morgan fingerprint density at radius 3 is 2.32 bits per heavy atom. The monoisotopic (exact) mass is 254 g/mol. The Hall–Kier alpha value is -2.29. The molecule has 0 amide bonds. The Balaban J connectivity index is 2.35. The minimum atomic E-state index is 0.0826. The number of hydrogen-bond donors (Lipinski definition) is 1. The Kier molecular flexibility index (Phi) is 3.85. The highest BCUT2D eigenvalue weighted by atomic mass is 16.1. The SMILES string of the molecule is CNc1cccc(N(C)c2cccc(C(C)=O)c2)c1. The summed E-state index contributed by atoms with van der Waals surface area (Å²) < 4.78 is 0. The normalized spacial score (nSPS) is 10.1. The van der Waals surface area contributed by atoms with Gasteiger partial charge in [0.2, 0.25) is 0 Å². The predicted molar refractivity (Wildman–Crippen MR) is 80.5 cm³/mol. The van der Waals surface area contributed by atoms with Crippen LogP contribution in [0.5, 0.6) is 0 Å². The maximum atomic E-state index is 11.4. The third-order valence-electron chi connectivity index (χ3n) is 3.16. The number of hydrogen-bond acceptors (Lipinski definition) is 3. The molecule has 3 heteroatoms. The molecule has 3 nitrogen and oxygen atoms in total. The van der Waals surface area contributed by atoms with Crippen molar-refractivity contribution in [2.24, 2.45) is 0 Å². The maximum absolute atomic E-state index is 11.4. The maximum Gasteiger partial charge on any atom is 0.159 e. The number of nitrogens with one attached hydrogen (secondary N) is 1. The van der Waals surface area contributed by atoms with Gasteiger partial charge in [-0.15, -0.1) is 0 Å². The molecular weight excluding hydrogens is 236 g/mol. The van der Waals surface area contributed by atoms with Crippen LogP contribution >= 0.6 is 0 Å². The standard InChI is InChI=1S/C16H18N2O/c1-12(19)13-6-4-8-15(10-13)18(3)16-9-5-7-14(11-16)17-2/h4-11,17H,1-3H3. The van der Waals surface area contributed by atoms with E-state index in [0.717, 1.165) is 22.6 Å². The molecule has 19 heavy (non-hydrogen) atoms. The first kappa shape index (κ1) is 13.1. The largest absolute Gasteiger partial charge is 0.388 e. The van der Waals surface area contributed by atoms with Crippen LogP contribution in [0.3, 0.4) is 0 Å². The number of Topliss-reactive ketones (excluding diaryl/α,β-unsaturated/α-hetero) is 1. The lowest BCUT2D eigenvalue weighted by Gasteiger charge is -2.20. The van der Waals surface area contributed by atoms with Gasteiger partial charge < -0.3 is 10.2 Å². The van der Waals surface area contributed by atoms with Gasteiger partial charge in [0.05, 0.1) is 0 Å². The third kappa shape index (κ3) is 2.94. The quantitative estimate of drug-likeness (QED) is 0.844. The van der Waals surface area contributed by atoms with E-state index in [-0.39, 0.29) is 5.78 Å². The number of carbonyl (C=O) groups excluding carboxylic acids is 1. The summed E-state index contributed by atoms with van der Waals surface area (Å²) in [4.78, 5) is 13.5. The average molecular weight is 254 g/mol. The molecule has 0 heterocycles. The summed E-state index contributed by atoms with van der Waals surface area (Å²) in [5.74, 6) is 0.0826. The fraction of sp³-hybridized carbons (Fsp3) is 0.188. The van der Waals surface area contributed by atoms with E-state index in [1.165, 1.54) is 0 Å².